The third-order valence-corrected chi connectivity index (χ3v) is 3.47. The number of aryl methyl sites for hydroxylation is 1. The highest BCUT2D eigenvalue weighted by Gasteiger charge is 2.12. The second-order valence-corrected chi connectivity index (χ2v) is 5.03. The zero-order valence-corrected chi connectivity index (χ0v) is 13.2. The first-order valence-corrected chi connectivity index (χ1v) is 7.25. The van der Waals surface area contributed by atoms with Gasteiger partial charge < -0.3 is 14.4 Å². The zero-order chi connectivity index (χ0) is 15.2. The first kappa shape index (κ1) is 15.2. The van der Waals surface area contributed by atoms with E-state index in [4.69, 9.17) is 9.47 Å². The molecule has 112 valence electrons. The maximum absolute atomic E-state index is 5.41. The summed E-state index contributed by atoms with van der Waals surface area (Å²) >= 11 is 0. The van der Waals surface area contributed by atoms with E-state index in [0.29, 0.717) is 0 Å². The van der Waals surface area contributed by atoms with Gasteiger partial charge >= 0.3 is 0 Å². The molecule has 0 N–H and O–H groups in total. The number of hydrogen-bond acceptors (Lipinski definition) is 3. The summed E-state index contributed by atoms with van der Waals surface area (Å²) in [6, 6.07) is 14.6. The van der Waals surface area contributed by atoms with Crippen molar-refractivity contribution in [3.05, 3.63) is 48.0 Å². The Labute approximate surface area is 127 Å². The summed E-state index contributed by atoms with van der Waals surface area (Å²) in [5.74, 6) is 1.50. The molecule has 2 aromatic rings. The average Bonchev–Trinajstić information content (AvgIpc) is 2.53. The largest absolute Gasteiger partial charge is 0.493 e. The van der Waals surface area contributed by atoms with Crippen LogP contribution in [-0.4, -0.2) is 20.8 Å². The fourth-order valence-electron chi connectivity index (χ4n) is 2.35. The molecule has 0 bridgehead atoms. The van der Waals surface area contributed by atoms with E-state index >= 15 is 0 Å². The van der Waals surface area contributed by atoms with E-state index in [9.17, 15) is 0 Å². The van der Waals surface area contributed by atoms with Gasteiger partial charge in [-0.05, 0) is 37.6 Å². The van der Waals surface area contributed by atoms with Crippen molar-refractivity contribution in [2.45, 2.75) is 20.3 Å². The van der Waals surface area contributed by atoms with Crippen LogP contribution in [0.4, 0.5) is 11.4 Å². The highest BCUT2D eigenvalue weighted by atomic mass is 16.5. The number of rotatable bonds is 6. The molecule has 3 heteroatoms. The number of methoxy groups -OCH3 is 2. The van der Waals surface area contributed by atoms with Crippen LogP contribution >= 0.6 is 0 Å². The fourth-order valence-corrected chi connectivity index (χ4v) is 2.35. The monoisotopic (exact) mass is 285 g/mol. The normalized spacial score (nSPS) is 10.3. The van der Waals surface area contributed by atoms with E-state index in [2.05, 4.69) is 49.1 Å². The average molecular weight is 285 g/mol. The maximum atomic E-state index is 5.41. The molecule has 0 atom stereocenters. The van der Waals surface area contributed by atoms with Gasteiger partial charge in [0.15, 0.2) is 11.5 Å². The summed E-state index contributed by atoms with van der Waals surface area (Å²) in [4.78, 5) is 2.29. The summed E-state index contributed by atoms with van der Waals surface area (Å²) in [6.07, 6.45) is 1.07. The number of anilines is 2. The van der Waals surface area contributed by atoms with Crippen LogP contribution in [0.1, 0.15) is 18.9 Å². The molecule has 3 nitrogen and oxygen atoms in total. The Kier molecular flexibility index (Phi) is 5.09. The molecule has 0 radical (unpaired) electrons. The predicted octanol–water partition coefficient (Wildman–Crippen LogP) is 4.56. The van der Waals surface area contributed by atoms with Crippen LogP contribution in [0.25, 0.3) is 0 Å². The lowest BCUT2D eigenvalue weighted by Gasteiger charge is -2.25. The van der Waals surface area contributed by atoms with E-state index in [-0.39, 0.29) is 0 Å². The van der Waals surface area contributed by atoms with Crippen LogP contribution in [0, 0.1) is 6.92 Å². The quantitative estimate of drug-likeness (QED) is 0.776. The van der Waals surface area contributed by atoms with Crippen LogP contribution in [0.5, 0.6) is 11.5 Å². The molecule has 0 fully saturated rings. The van der Waals surface area contributed by atoms with Gasteiger partial charge in [0.05, 0.1) is 14.2 Å². The first-order chi connectivity index (χ1) is 10.2. The molecule has 0 aliphatic heterocycles. The first-order valence-electron chi connectivity index (χ1n) is 7.25. The van der Waals surface area contributed by atoms with E-state index in [1.54, 1.807) is 14.2 Å². The van der Waals surface area contributed by atoms with Crippen molar-refractivity contribution >= 4 is 11.4 Å². The highest BCUT2D eigenvalue weighted by Crippen LogP contribution is 2.34. The second kappa shape index (κ2) is 7.02. The van der Waals surface area contributed by atoms with E-state index in [1.807, 2.05) is 12.1 Å². The second-order valence-electron chi connectivity index (χ2n) is 5.03. The van der Waals surface area contributed by atoms with E-state index in [1.165, 1.54) is 11.3 Å². The SMILES string of the molecule is CCCN(c1ccc(C)cc1)c1ccc(OC)c(OC)c1. The summed E-state index contributed by atoms with van der Waals surface area (Å²) in [6.45, 7) is 5.24. The van der Waals surface area contributed by atoms with Gasteiger partial charge in [0, 0.05) is 24.0 Å². The van der Waals surface area contributed by atoms with Gasteiger partial charge in [-0.2, -0.15) is 0 Å². The van der Waals surface area contributed by atoms with Gasteiger partial charge in [-0.1, -0.05) is 24.6 Å². The minimum absolute atomic E-state index is 0.751. The van der Waals surface area contributed by atoms with Crippen molar-refractivity contribution < 1.29 is 9.47 Å². The van der Waals surface area contributed by atoms with Crippen LogP contribution in [0.15, 0.2) is 42.5 Å². The van der Waals surface area contributed by atoms with Crippen LogP contribution < -0.4 is 14.4 Å². The van der Waals surface area contributed by atoms with Crippen LogP contribution in [-0.2, 0) is 0 Å². The van der Waals surface area contributed by atoms with Crippen LogP contribution in [0.3, 0.4) is 0 Å². The highest BCUT2D eigenvalue weighted by molar-refractivity contribution is 5.66. The van der Waals surface area contributed by atoms with Gasteiger partial charge in [0.2, 0.25) is 0 Å². The number of benzene rings is 2. The molecule has 2 aromatic carbocycles. The van der Waals surface area contributed by atoms with Gasteiger partial charge in [-0.15, -0.1) is 0 Å². The van der Waals surface area contributed by atoms with Gasteiger partial charge in [0.1, 0.15) is 0 Å². The van der Waals surface area contributed by atoms with Gasteiger partial charge in [-0.3, -0.25) is 0 Å². The Balaban J connectivity index is 2.40. The number of hydrogen-bond donors (Lipinski definition) is 0. The topological polar surface area (TPSA) is 21.7 Å². The molecule has 0 aliphatic carbocycles. The lowest BCUT2D eigenvalue weighted by atomic mass is 10.1. The van der Waals surface area contributed by atoms with Crippen molar-refractivity contribution in [2.75, 3.05) is 25.7 Å². The summed E-state index contributed by atoms with van der Waals surface area (Å²) < 4.78 is 10.7. The molecule has 0 spiro atoms. The molecule has 0 aliphatic rings. The lowest BCUT2D eigenvalue weighted by molar-refractivity contribution is 0.355. The molecular formula is C18H23NO2. The summed E-state index contributed by atoms with van der Waals surface area (Å²) in [5.41, 5.74) is 3.57. The molecule has 0 saturated heterocycles. The Hall–Kier alpha value is -2.16. The summed E-state index contributed by atoms with van der Waals surface area (Å²) in [7, 11) is 3.32. The molecule has 0 amide bonds. The molecule has 21 heavy (non-hydrogen) atoms. The Bertz CT molecular complexity index is 578. The molecule has 0 aromatic heterocycles. The molecule has 0 unspecified atom stereocenters. The standard InChI is InChI=1S/C18H23NO2/c1-5-12-19(15-8-6-14(2)7-9-15)16-10-11-17(20-3)18(13-16)21-4/h6-11,13H,5,12H2,1-4H3. The van der Waals surface area contributed by atoms with E-state index < -0.39 is 0 Å². The minimum Gasteiger partial charge on any atom is -0.493 e. The maximum Gasteiger partial charge on any atom is 0.162 e. The third kappa shape index (κ3) is 3.48. The van der Waals surface area contributed by atoms with Crippen molar-refractivity contribution in [3.63, 3.8) is 0 Å². The molecule has 2 rings (SSSR count). The van der Waals surface area contributed by atoms with Crippen molar-refractivity contribution in [1.29, 1.82) is 0 Å². The van der Waals surface area contributed by atoms with Crippen molar-refractivity contribution in [3.8, 4) is 11.5 Å². The smallest absolute Gasteiger partial charge is 0.162 e. The summed E-state index contributed by atoms with van der Waals surface area (Å²) in [5, 5.41) is 0. The van der Waals surface area contributed by atoms with Crippen LogP contribution in [0.2, 0.25) is 0 Å². The number of ether oxygens (including phenoxy) is 2. The molecular weight excluding hydrogens is 262 g/mol. The Morgan fingerprint density at radius 1 is 0.857 bits per heavy atom. The lowest BCUT2D eigenvalue weighted by Crippen LogP contribution is -2.17. The van der Waals surface area contributed by atoms with E-state index in [0.717, 1.165) is 30.2 Å². The van der Waals surface area contributed by atoms with Crippen molar-refractivity contribution in [1.82, 2.24) is 0 Å². The minimum atomic E-state index is 0.751. The molecule has 0 saturated carbocycles. The third-order valence-electron chi connectivity index (χ3n) is 3.47. The molecule has 0 heterocycles. The van der Waals surface area contributed by atoms with Gasteiger partial charge in [-0.25, -0.2) is 0 Å². The Morgan fingerprint density at radius 2 is 1.48 bits per heavy atom. The van der Waals surface area contributed by atoms with Gasteiger partial charge in [0.25, 0.3) is 0 Å². The number of nitrogens with zero attached hydrogens (tertiary/aromatic N) is 1. The van der Waals surface area contributed by atoms with Crippen molar-refractivity contribution in [2.24, 2.45) is 0 Å². The predicted molar refractivity (Wildman–Crippen MR) is 88.0 cm³/mol. The Morgan fingerprint density at radius 3 is 2.05 bits per heavy atom. The fraction of sp³-hybridized carbons (Fsp3) is 0.333. The zero-order valence-electron chi connectivity index (χ0n) is 13.2.